The molecule has 0 aliphatic heterocycles. The van der Waals surface area contributed by atoms with E-state index in [1.807, 2.05) is 6.92 Å². The Morgan fingerprint density at radius 3 is 2.80 bits per heavy atom. The lowest BCUT2D eigenvalue weighted by atomic mass is 10.3. The minimum atomic E-state index is 0.539. The van der Waals surface area contributed by atoms with Gasteiger partial charge in [-0.25, -0.2) is 0 Å². The monoisotopic (exact) mass is 71.1 g/mol. The van der Waals surface area contributed by atoms with Crippen molar-refractivity contribution >= 4 is 0 Å². The summed E-state index contributed by atoms with van der Waals surface area (Å²) >= 11 is 0. The van der Waals surface area contributed by atoms with Gasteiger partial charge in [0.25, 0.3) is 0 Å². The van der Waals surface area contributed by atoms with Crippen molar-refractivity contribution in [1.82, 2.24) is 0 Å². The molecule has 0 aromatic carbocycles. The lowest BCUT2D eigenvalue weighted by molar-refractivity contribution is 0.961. The fourth-order valence-electron chi connectivity index (χ4n) is 0.177. The normalized spacial score (nSPS) is 10.2. The second kappa shape index (κ2) is 3.74. The van der Waals surface area contributed by atoms with Crippen LogP contribution in [0.4, 0.5) is 0 Å². The van der Waals surface area contributed by atoms with Gasteiger partial charge in [0.1, 0.15) is 0 Å². The van der Waals surface area contributed by atoms with E-state index in [1.54, 1.807) is 0 Å². The van der Waals surface area contributed by atoms with Gasteiger partial charge < -0.3 is 0 Å². The number of hydrogen-bond donors (Lipinski definition) is 0. The summed E-state index contributed by atoms with van der Waals surface area (Å²) in [5.41, 5.74) is 0. The lowest BCUT2D eigenvalue weighted by Gasteiger charge is -1.72. The average Bonchev–Trinajstić information content (AvgIpc) is 1.35. The van der Waals surface area contributed by atoms with Gasteiger partial charge in [-0.2, -0.15) is 0 Å². The average molecular weight is 71.1 g/mol. The Hall–Kier alpha value is -0.260. The molecule has 0 nitrogen and oxygen atoms in total. The first-order valence-corrected chi connectivity index (χ1v) is 1.91. The van der Waals surface area contributed by atoms with Crippen LogP contribution < -0.4 is 0 Å². The van der Waals surface area contributed by atoms with Crippen LogP contribution in [0.1, 0.15) is 21.1 Å². The fraction of sp³-hybridized carbons (Fsp3) is 0.600. The Morgan fingerprint density at radius 1 is 2.20 bits per heavy atom. The van der Waals surface area contributed by atoms with E-state index >= 15 is 0 Å². The summed E-state index contributed by atoms with van der Waals surface area (Å²) in [6, 6.07) is 0.539. The van der Waals surface area contributed by atoms with Crippen molar-refractivity contribution in [3.63, 3.8) is 0 Å². The Labute approximate surface area is 34.9 Å². The zero-order valence-electron chi connectivity index (χ0n) is 4.62. The summed E-state index contributed by atoms with van der Waals surface area (Å²) in [7, 11) is 0. The number of allylic oxidation sites excluding steroid dienone is 1. The Morgan fingerprint density at radius 2 is 2.80 bits per heavy atom. The van der Waals surface area contributed by atoms with Gasteiger partial charge in [0.2, 0.25) is 0 Å². The molecule has 0 saturated carbocycles. The third kappa shape index (κ3) is 3.74. The molecule has 0 heterocycles. The highest BCUT2D eigenvalue weighted by Crippen LogP contribution is 1.82. The van der Waals surface area contributed by atoms with Crippen LogP contribution in [-0.2, 0) is 0 Å². The van der Waals surface area contributed by atoms with Crippen molar-refractivity contribution in [2.24, 2.45) is 0 Å². The Kier molecular flexibility index (Phi) is 2.21. The quantitative estimate of drug-likeness (QED) is 0.436. The van der Waals surface area contributed by atoms with Crippen LogP contribution in [0.15, 0.2) is 12.6 Å². The summed E-state index contributed by atoms with van der Waals surface area (Å²) in [5.74, 6) is 0. The highest BCUT2D eigenvalue weighted by Gasteiger charge is 1.61. The number of rotatable bonds is 2. The third-order valence-electron chi connectivity index (χ3n) is 0.427. The van der Waals surface area contributed by atoms with Gasteiger partial charge in [-0.1, -0.05) is 19.4 Å². The maximum Gasteiger partial charge on any atom is 0.0570 e. The van der Waals surface area contributed by atoms with E-state index in [-0.39, 0.29) is 0 Å². The van der Waals surface area contributed by atoms with Gasteiger partial charge in [0.15, 0.2) is 0 Å². The largest absolute Gasteiger partial charge is 0.103 e. The molecule has 0 saturated heterocycles. The lowest BCUT2D eigenvalue weighted by Crippen LogP contribution is -1.52. The molecule has 0 N–H and O–H groups in total. The van der Waals surface area contributed by atoms with Gasteiger partial charge >= 0.3 is 0 Å². The standard InChI is InChI=1S/C5H10/c1-3-5-4-2/h3H,1,4-5H2,2H3/i3D. The minimum absolute atomic E-state index is 0.539. The first-order chi connectivity index (χ1) is 2.77. The predicted molar refractivity (Wildman–Crippen MR) is 25.1 cm³/mol. The van der Waals surface area contributed by atoms with E-state index in [0.717, 1.165) is 12.8 Å². The van der Waals surface area contributed by atoms with Gasteiger partial charge in [-0.15, -0.1) is 6.58 Å². The van der Waals surface area contributed by atoms with Crippen molar-refractivity contribution < 1.29 is 1.37 Å². The van der Waals surface area contributed by atoms with Gasteiger partial charge in [-0.3, -0.25) is 0 Å². The SMILES string of the molecule is [2H]C(=C)CCC. The summed E-state index contributed by atoms with van der Waals surface area (Å²) in [6.45, 7) is 5.45. The van der Waals surface area contributed by atoms with E-state index in [4.69, 9.17) is 1.37 Å². The molecule has 0 aromatic rings. The molecule has 0 radical (unpaired) electrons. The summed E-state index contributed by atoms with van der Waals surface area (Å²) in [6.07, 6.45) is 1.89. The molecule has 0 aliphatic carbocycles. The molecule has 0 rings (SSSR count). The topological polar surface area (TPSA) is 0 Å². The molecule has 0 atom stereocenters. The molecule has 30 valence electrons. The molecule has 5 heavy (non-hydrogen) atoms. The third-order valence-corrected chi connectivity index (χ3v) is 0.427. The second-order valence-electron chi connectivity index (χ2n) is 1.000. The molecular weight excluding hydrogens is 60.1 g/mol. The predicted octanol–water partition coefficient (Wildman–Crippen LogP) is 1.97. The van der Waals surface area contributed by atoms with E-state index in [2.05, 4.69) is 6.58 Å². The van der Waals surface area contributed by atoms with E-state index in [1.165, 1.54) is 0 Å². The smallest absolute Gasteiger partial charge is 0.0570 e. The summed E-state index contributed by atoms with van der Waals surface area (Å²) in [5, 5.41) is 0. The summed E-state index contributed by atoms with van der Waals surface area (Å²) < 4.78 is 6.78. The van der Waals surface area contributed by atoms with Crippen LogP contribution in [-0.4, -0.2) is 0 Å². The van der Waals surface area contributed by atoms with Gasteiger partial charge in [-0.05, 0) is 6.42 Å². The van der Waals surface area contributed by atoms with Crippen molar-refractivity contribution in [3.05, 3.63) is 12.6 Å². The van der Waals surface area contributed by atoms with Crippen LogP contribution in [0.2, 0.25) is 0 Å². The molecule has 0 aliphatic rings. The fourth-order valence-corrected chi connectivity index (χ4v) is 0.177. The molecule has 0 bridgehead atoms. The van der Waals surface area contributed by atoms with Crippen molar-refractivity contribution in [2.75, 3.05) is 0 Å². The molecule has 0 heteroatoms. The molecule has 0 fully saturated rings. The molecule has 0 amide bonds. The first-order valence-electron chi connectivity index (χ1n) is 2.41. The zero-order valence-corrected chi connectivity index (χ0v) is 3.62. The van der Waals surface area contributed by atoms with Crippen LogP contribution in [0.3, 0.4) is 0 Å². The van der Waals surface area contributed by atoms with Crippen molar-refractivity contribution in [1.29, 1.82) is 0 Å². The van der Waals surface area contributed by atoms with E-state index in [9.17, 15) is 0 Å². The van der Waals surface area contributed by atoms with Gasteiger partial charge in [0, 0.05) is 0 Å². The molecule has 0 spiro atoms. The highest BCUT2D eigenvalue weighted by molar-refractivity contribution is 4.63. The molecular formula is C5H10. The minimum Gasteiger partial charge on any atom is -0.103 e. The van der Waals surface area contributed by atoms with Crippen LogP contribution >= 0.6 is 0 Å². The first kappa shape index (κ1) is 2.95. The van der Waals surface area contributed by atoms with E-state index in [0.29, 0.717) is 6.05 Å². The Bertz CT molecular complexity index is 47.9. The van der Waals surface area contributed by atoms with Crippen LogP contribution in [0.5, 0.6) is 0 Å². The number of hydrogen-bond acceptors (Lipinski definition) is 0. The highest BCUT2D eigenvalue weighted by atomic mass is 13.7. The maximum atomic E-state index is 6.78. The zero-order chi connectivity index (χ0) is 4.99. The van der Waals surface area contributed by atoms with Crippen molar-refractivity contribution in [2.45, 2.75) is 19.8 Å². The molecule has 0 unspecified atom stereocenters. The van der Waals surface area contributed by atoms with Gasteiger partial charge in [0.05, 0.1) is 1.37 Å². The Balaban J connectivity index is 2.83. The van der Waals surface area contributed by atoms with Crippen LogP contribution in [0.25, 0.3) is 0 Å². The summed E-state index contributed by atoms with van der Waals surface area (Å²) in [4.78, 5) is 0. The maximum absolute atomic E-state index is 6.78. The molecule has 0 aromatic heterocycles. The van der Waals surface area contributed by atoms with Crippen LogP contribution in [0, 0.1) is 0 Å². The van der Waals surface area contributed by atoms with E-state index < -0.39 is 0 Å². The second-order valence-corrected chi connectivity index (χ2v) is 1.000. The van der Waals surface area contributed by atoms with Crippen molar-refractivity contribution in [3.8, 4) is 0 Å².